The Morgan fingerprint density at radius 2 is 1.94 bits per heavy atom. The highest BCUT2D eigenvalue weighted by molar-refractivity contribution is 5.75. The lowest BCUT2D eigenvalue weighted by Gasteiger charge is -2.04. The van der Waals surface area contributed by atoms with E-state index in [4.69, 9.17) is 4.42 Å². The molecule has 3 rings (SSSR count). The molecule has 0 aliphatic carbocycles. The second kappa shape index (κ2) is 4.33. The zero-order chi connectivity index (χ0) is 12.4. The number of aromatic nitrogens is 2. The number of nitrogens with zero attached hydrogens (tertiary/aromatic N) is 2. The number of carbonyl (C=O) groups excluding carboxylic acids is 1. The van der Waals surface area contributed by atoms with Crippen LogP contribution in [-0.4, -0.2) is 16.1 Å². The normalized spacial score (nSPS) is 10.4. The zero-order valence-electron chi connectivity index (χ0n) is 9.48. The molecule has 4 heteroatoms. The molecule has 0 amide bonds. The summed E-state index contributed by atoms with van der Waals surface area (Å²) >= 11 is 0. The molecule has 0 fully saturated rings. The number of benzene rings is 1. The third-order valence-electron chi connectivity index (χ3n) is 2.62. The Balaban J connectivity index is 2.20. The van der Waals surface area contributed by atoms with Gasteiger partial charge in [0.25, 0.3) is 0 Å². The van der Waals surface area contributed by atoms with E-state index >= 15 is 0 Å². The van der Waals surface area contributed by atoms with E-state index in [0.717, 1.165) is 17.7 Å². The van der Waals surface area contributed by atoms with Gasteiger partial charge in [-0.05, 0) is 30.3 Å². The van der Waals surface area contributed by atoms with Crippen LogP contribution < -0.4 is 0 Å². The van der Waals surface area contributed by atoms with Crippen LogP contribution in [0.25, 0.3) is 17.1 Å². The second-order valence-electron chi connectivity index (χ2n) is 3.80. The van der Waals surface area contributed by atoms with Crippen LogP contribution in [0.15, 0.2) is 59.2 Å². The number of furan rings is 1. The number of para-hydroxylation sites is 1. The molecule has 0 saturated carbocycles. The van der Waals surface area contributed by atoms with E-state index in [0.29, 0.717) is 11.5 Å². The van der Waals surface area contributed by atoms with Crippen LogP contribution in [0.4, 0.5) is 0 Å². The van der Waals surface area contributed by atoms with Crippen molar-refractivity contribution in [3.05, 3.63) is 60.5 Å². The molecule has 0 atom stereocenters. The van der Waals surface area contributed by atoms with Crippen molar-refractivity contribution >= 4 is 6.29 Å². The van der Waals surface area contributed by atoms with Crippen LogP contribution in [0.3, 0.4) is 0 Å². The molecule has 0 N–H and O–H groups in total. The lowest BCUT2D eigenvalue weighted by molar-refractivity contribution is 0.111. The molecule has 3 aromatic rings. The number of rotatable bonds is 3. The first kappa shape index (κ1) is 10.5. The molecule has 88 valence electrons. The fourth-order valence-electron chi connectivity index (χ4n) is 1.82. The van der Waals surface area contributed by atoms with Gasteiger partial charge in [-0.25, -0.2) is 4.68 Å². The Morgan fingerprint density at radius 3 is 2.61 bits per heavy atom. The number of hydrogen-bond donors (Lipinski definition) is 0. The first-order chi connectivity index (χ1) is 8.88. The summed E-state index contributed by atoms with van der Waals surface area (Å²) < 4.78 is 7.06. The van der Waals surface area contributed by atoms with Crippen LogP contribution in [0.2, 0.25) is 0 Å². The smallest absolute Gasteiger partial charge is 0.170 e. The van der Waals surface area contributed by atoms with Gasteiger partial charge in [0, 0.05) is 0 Å². The predicted molar refractivity (Wildman–Crippen MR) is 66.7 cm³/mol. The Labute approximate surface area is 103 Å². The maximum absolute atomic E-state index is 10.9. The minimum atomic E-state index is 0.380. The topological polar surface area (TPSA) is 48.0 Å². The molecule has 0 spiro atoms. The van der Waals surface area contributed by atoms with Crippen molar-refractivity contribution in [2.75, 3.05) is 0 Å². The molecule has 0 bridgehead atoms. The number of carbonyl (C=O) groups is 1. The molecular weight excluding hydrogens is 228 g/mol. The standard InChI is InChI=1S/C14H10N2O2/c17-10-11-9-13(14-7-4-8-18-14)16(15-11)12-5-2-1-3-6-12/h1-10H. The maximum atomic E-state index is 10.9. The van der Waals surface area contributed by atoms with E-state index in [1.807, 2.05) is 36.4 Å². The second-order valence-corrected chi connectivity index (χ2v) is 3.80. The van der Waals surface area contributed by atoms with Crippen molar-refractivity contribution in [1.29, 1.82) is 0 Å². The van der Waals surface area contributed by atoms with Gasteiger partial charge in [0.05, 0.1) is 12.0 Å². The lowest BCUT2D eigenvalue weighted by atomic mass is 10.2. The van der Waals surface area contributed by atoms with Crippen LogP contribution >= 0.6 is 0 Å². The van der Waals surface area contributed by atoms with E-state index in [1.165, 1.54) is 0 Å². The summed E-state index contributed by atoms with van der Waals surface area (Å²) in [4.78, 5) is 10.9. The van der Waals surface area contributed by atoms with Crippen molar-refractivity contribution < 1.29 is 9.21 Å². The molecule has 2 heterocycles. The molecule has 0 unspecified atom stereocenters. The summed E-state index contributed by atoms with van der Waals surface area (Å²) in [6.07, 6.45) is 2.32. The summed E-state index contributed by atoms with van der Waals surface area (Å²) in [7, 11) is 0. The van der Waals surface area contributed by atoms with Gasteiger partial charge in [-0.2, -0.15) is 5.10 Å². The summed E-state index contributed by atoms with van der Waals surface area (Å²) in [5, 5.41) is 4.24. The molecule has 0 aliphatic rings. The highest BCUT2D eigenvalue weighted by Crippen LogP contribution is 2.23. The SMILES string of the molecule is O=Cc1cc(-c2ccco2)n(-c2ccccc2)n1. The van der Waals surface area contributed by atoms with Gasteiger partial charge in [0.1, 0.15) is 11.4 Å². The Morgan fingerprint density at radius 1 is 1.11 bits per heavy atom. The average Bonchev–Trinajstić information content (AvgIpc) is 3.08. The first-order valence-electron chi connectivity index (χ1n) is 5.53. The largest absolute Gasteiger partial charge is 0.463 e. The first-order valence-corrected chi connectivity index (χ1v) is 5.53. The minimum Gasteiger partial charge on any atom is -0.463 e. The Bertz CT molecular complexity index is 654. The van der Waals surface area contributed by atoms with Crippen LogP contribution in [0.5, 0.6) is 0 Å². The Hall–Kier alpha value is -2.62. The third kappa shape index (κ3) is 1.73. The van der Waals surface area contributed by atoms with Crippen LogP contribution in [0, 0.1) is 0 Å². The van der Waals surface area contributed by atoms with Crippen molar-refractivity contribution in [2.24, 2.45) is 0 Å². The van der Waals surface area contributed by atoms with Crippen molar-refractivity contribution in [3.8, 4) is 17.1 Å². The Kier molecular flexibility index (Phi) is 2.53. The average molecular weight is 238 g/mol. The van der Waals surface area contributed by atoms with E-state index in [9.17, 15) is 4.79 Å². The van der Waals surface area contributed by atoms with Gasteiger partial charge in [-0.1, -0.05) is 18.2 Å². The predicted octanol–water partition coefficient (Wildman–Crippen LogP) is 2.94. The monoisotopic (exact) mass is 238 g/mol. The highest BCUT2D eigenvalue weighted by atomic mass is 16.3. The van der Waals surface area contributed by atoms with Crippen LogP contribution in [0.1, 0.15) is 10.5 Å². The van der Waals surface area contributed by atoms with Gasteiger partial charge in [0.15, 0.2) is 12.0 Å². The fraction of sp³-hybridized carbons (Fsp3) is 0. The van der Waals surface area contributed by atoms with E-state index in [2.05, 4.69) is 5.10 Å². The maximum Gasteiger partial charge on any atom is 0.170 e. The van der Waals surface area contributed by atoms with E-state index < -0.39 is 0 Å². The van der Waals surface area contributed by atoms with Crippen molar-refractivity contribution in [2.45, 2.75) is 0 Å². The lowest BCUT2D eigenvalue weighted by Crippen LogP contribution is -1.98. The van der Waals surface area contributed by atoms with E-state index in [1.54, 1.807) is 23.1 Å². The molecule has 1 aromatic carbocycles. The molecular formula is C14H10N2O2. The summed E-state index contributed by atoms with van der Waals surface area (Å²) in [6, 6.07) is 15.0. The molecule has 4 nitrogen and oxygen atoms in total. The van der Waals surface area contributed by atoms with Gasteiger partial charge in [-0.15, -0.1) is 0 Å². The molecule has 2 aromatic heterocycles. The molecule has 0 radical (unpaired) electrons. The fourth-order valence-corrected chi connectivity index (χ4v) is 1.82. The highest BCUT2D eigenvalue weighted by Gasteiger charge is 2.12. The number of hydrogen-bond acceptors (Lipinski definition) is 3. The van der Waals surface area contributed by atoms with Gasteiger partial charge < -0.3 is 4.42 Å². The third-order valence-corrected chi connectivity index (χ3v) is 2.62. The van der Waals surface area contributed by atoms with Crippen molar-refractivity contribution in [3.63, 3.8) is 0 Å². The molecule has 0 aliphatic heterocycles. The molecule has 0 saturated heterocycles. The van der Waals surface area contributed by atoms with Gasteiger partial charge >= 0.3 is 0 Å². The summed E-state index contributed by atoms with van der Waals surface area (Å²) in [6.45, 7) is 0. The van der Waals surface area contributed by atoms with Crippen LogP contribution in [-0.2, 0) is 0 Å². The molecule has 18 heavy (non-hydrogen) atoms. The summed E-state index contributed by atoms with van der Waals surface area (Å²) in [5.74, 6) is 0.680. The quantitative estimate of drug-likeness (QED) is 0.659. The minimum absolute atomic E-state index is 0.380. The zero-order valence-corrected chi connectivity index (χ0v) is 9.48. The van der Waals surface area contributed by atoms with Gasteiger partial charge in [-0.3, -0.25) is 4.79 Å². The summed E-state index contributed by atoms with van der Waals surface area (Å²) in [5.41, 5.74) is 2.02. The number of aldehydes is 1. The van der Waals surface area contributed by atoms with E-state index in [-0.39, 0.29) is 0 Å². The van der Waals surface area contributed by atoms with Crippen molar-refractivity contribution in [1.82, 2.24) is 9.78 Å². The van der Waals surface area contributed by atoms with Gasteiger partial charge in [0.2, 0.25) is 0 Å².